The molecular weight excluding hydrogens is 174 g/mol. The summed E-state index contributed by atoms with van der Waals surface area (Å²) < 4.78 is 5.03. The summed E-state index contributed by atoms with van der Waals surface area (Å²) >= 11 is 0. The smallest absolute Gasteiger partial charge is 0.302 e. The second kappa shape index (κ2) is 3.25. The van der Waals surface area contributed by atoms with E-state index in [4.69, 9.17) is 9.57 Å². The van der Waals surface area contributed by atoms with Gasteiger partial charge in [-0.25, -0.2) is 5.48 Å². The molecule has 1 heterocycles. The predicted octanol–water partition coefficient (Wildman–Crippen LogP) is -0.798. The first kappa shape index (κ1) is 8.93. The van der Waals surface area contributed by atoms with E-state index in [1.807, 2.05) is 0 Å². The summed E-state index contributed by atoms with van der Waals surface area (Å²) in [5, 5.41) is 9.57. The maximum absolute atomic E-state index is 10.7. The van der Waals surface area contributed by atoms with Gasteiger partial charge in [-0.15, -0.1) is 0 Å². The van der Waals surface area contributed by atoms with Gasteiger partial charge in [-0.1, -0.05) is 0 Å². The zero-order valence-corrected chi connectivity index (χ0v) is 7.40. The zero-order valence-electron chi connectivity index (χ0n) is 7.40. The molecule has 13 heavy (non-hydrogen) atoms. The molecule has 2 N–H and O–H groups in total. The number of nitrogens with one attached hydrogen (secondary N) is 1. The molecule has 0 aromatic rings. The van der Waals surface area contributed by atoms with Gasteiger partial charge >= 0.3 is 5.97 Å². The Labute approximate surface area is 76.0 Å². The van der Waals surface area contributed by atoms with Crippen LogP contribution in [-0.2, 0) is 14.4 Å². The molecule has 0 bridgehead atoms. The lowest BCUT2D eigenvalue weighted by atomic mass is 10.1. The van der Waals surface area contributed by atoms with E-state index in [0.717, 1.165) is 0 Å². The standard InChI is InChI=1S/C8H13NO4/c1-4(10)12-7-2-6(11)5-3-9-13-8(5)7/h5-9,11H,2-3H2,1H3/t5-,6+,7+,8-/m0/s1. The number of ether oxygens (including phenoxy) is 1. The van der Waals surface area contributed by atoms with Crippen molar-refractivity contribution >= 4 is 5.97 Å². The van der Waals surface area contributed by atoms with Crippen LogP contribution in [0.25, 0.3) is 0 Å². The average molecular weight is 187 g/mol. The van der Waals surface area contributed by atoms with Crippen molar-refractivity contribution in [2.24, 2.45) is 5.92 Å². The SMILES string of the molecule is CC(=O)O[C@@H]1C[C@@H](O)[C@@H]2CNO[C@@H]21. The van der Waals surface area contributed by atoms with Gasteiger partial charge in [-0.2, -0.15) is 0 Å². The van der Waals surface area contributed by atoms with Crippen molar-refractivity contribution in [2.75, 3.05) is 6.54 Å². The molecule has 0 aromatic heterocycles. The van der Waals surface area contributed by atoms with E-state index in [2.05, 4.69) is 5.48 Å². The number of aliphatic hydroxyl groups is 1. The highest BCUT2D eigenvalue weighted by Crippen LogP contribution is 2.33. The van der Waals surface area contributed by atoms with Crippen LogP contribution < -0.4 is 5.48 Å². The van der Waals surface area contributed by atoms with Crippen LogP contribution in [0.5, 0.6) is 0 Å². The van der Waals surface area contributed by atoms with Crippen molar-refractivity contribution < 1.29 is 19.5 Å². The number of aliphatic hydroxyl groups excluding tert-OH is 1. The van der Waals surface area contributed by atoms with Gasteiger partial charge in [0.05, 0.1) is 6.10 Å². The van der Waals surface area contributed by atoms with Crippen molar-refractivity contribution in [3.63, 3.8) is 0 Å². The number of hydrogen-bond donors (Lipinski definition) is 2. The average Bonchev–Trinajstić information content (AvgIpc) is 2.56. The molecule has 2 aliphatic rings. The fraction of sp³-hybridized carbons (Fsp3) is 0.875. The second-order valence-corrected chi connectivity index (χ2v) is 3.55. The van der Waals surface area contributed by atoms with Gasteiger partial charge in [0.2, 0.25) is 0 Å². The highest BCUT2D eigenvalue weighted by atomic mass is 16.7. The molecule has 5 heteroatoms. The molecule has 0 amide bonds. The Bertz CT molecular complexity index is 220. The van der Waals surface area contributed by atoms with Crippen molar-refractivity contribution in [3.05, 3.63) is 0 Å². The Kier molecular flexibility index (Phi) is 2.23. The quantitative estimate of drug-likeness (QED) is 0.526. The third-order valence-corrected chi connectivity index (χ3v) is 2.61. The lowest BCUT2D eigenvalue weighted by Crippen LogP contribution is -2.29. The van der Waals surface area contributed by atoms with E-state index in [1.165, 1.54) is 6.92 Å². The van der Waals surface area contributed by atoms with Crippen LogP contribution in [0, 0.1) is 5.92 Å². The van der Waals surface area contributed by atoms with Crippen molar-refractivity contribution in [1.29, 1.82) is 0 Å². The first-order chi connectivity index (χ1) is 6.18. The lowest BCUT2D eigenvalue weighted by Gasteiger charge is -2.15. The van der Waals surface area contributed by atoms with E-state index < -0.39 is 6.10 Å². The number of rotatable bonds is 1. The van der Waals surface area contributed by atoms with Crippen molar-refractivity contribution in [2.45, 2.75) is 31.7 Å². The topological polar surface area (TPSA) is 67.8 Å². The number of carbonyl (C=O) groups is 1. The molecule has 1 saturated heterocycles. The second-order valence-electron chi connectivity index (χ2n) is 3.55. The summed E-state index contributed by atoms with van der Waals surface area (Å²) in [5.74, 6) is -0.266. The predicted molar refractivity (Wildman–Crippen MR) is 42.5 cm³/mol. The van der Waals surface area contributed by atoms with Gasteiger partial charge in [0.25, 0.3) is 0 Å². The Morgan fingerprint density at radius 3 is 3.15 bits per heavy atom. The van der Waals surface area contributed by atoms with E-state index in [-0.39, 0.29) is 24.1 Å². The molecule has 4 atom stereocenters. The van der Waals surface area contributed by atoms with E-state index in [1.54, 1.807) is 0 Å². The Morgan fingerprint density at radius 1 is 1.69 bits per heavy atom. The maximum Gasteiger partial charge on any atom is 0.302 e. The molecule has 0 radical (unpaired) electrons. The van der Waals surface area contributed by atoms with E-state index >= 15 is 0 Å². The molecule has 2 rings (SSSR count). The molecule has 0 aromatic carbocycles. The zero-order chi connectivity index (χ0) is 9.42. The van der Waals surface area contributed by atoms with Gasteiger partial charge in [-0.3, -0.25) is 9.63 Å². The van der Waals surface area contributed by atoms with Gasteiger partial charge in [-0.05, 0) is 0 Å². The molecule has 2 fully saturated rings. The summed E-state index contributed by atoms with van der Waals surface area (Å²) in [7, 11) is 0. The summed E-state index contributed by atoms with van der Waals surface area (Å²) in [6.45, 7) is 1.99. The Balaban J connectivity index is 2.02. The largest absolute Gasteiger partial charge is 0.460 e. The minimum Gasteiger partial charge on any atom is -0.460 e. The molecule has 5 nitrogen and oxygen atoms in total. The van der Waals surface area contributed by atoms with Gasteiger partial charge in [0.15, 0.2) is 0 Å². The minimum atomic E-state index is -0.427. The normalized spacial score (nSPS) is 43.2. The van der Waals surface area contributed by atoms with Crippen LogP contribution in [-0.4, -0.2) is 35.9 Å². The van der Waals surface area contributed by atoms with Gasteiger partial charge in [0.1, 0.15) is 12.2 Å². The fourth-order valence-corrected chi connectivity index (χ4v) is 2.03. The third kappa shape index (κ3) is 1.54. The van der Waals surface area contributed by atoms with Gasteiger partial charge in [0, 0.05) is 25.8 Å². The Morgan fingerprint density at radius 2 is 2.46 bits per heavy atom. The monoisotopic (exact) mass is 187 g/mol. The van der Waals surface area contributed by atoms with Gasteiger partial charge < -0.3 is 9.84 Å². The van der Waals surface area contributed by atoms with Crippen LogP contribution in [0.15, 0.2) is 0 Å². The van der Waals surface area contributed by atoms with Crippen LogP contribution in [0.3, 0.4) is 0 Å². The molecule has 1 aliphatic heterocycles. The summed E-state index contributed by atoms with van der Waals surface area (Å²) in [6, 6.07) is 0. The van der Waals surface area contributed by atoms with Crippen LogP contribution in [0.1, 0.15) is 13.3 Å². The summed E-state index contributed by atoms with van der Waals surface area (Å²) in [4.78, 5) is 15.9. The number of fused-ring (bicyclic) bond motifs is 1. The fourth-order valence-electron chi connectivity index (χ4n) is 2.03. The van der Waals surface area contributed by atoms with Crippen LogP contribution >= 0.6 is 0 Å². The molecule has 1 saturated carbocycles. The summed E-state index contributed by atoms with van der Waals surface area (Å²) in [6.07, 6.45) is -0.424. The highest BCUT2D eigenvalue weighted by molar-refractivity contribution is 5.66. The third-order valence-electron chi connectivity index (χ3n) is 2.61. The van der Waals surface area contributed by atoms with E-state index in [9.17, 15) is 9.90 Å². The number of hydroxylamine groups is 1. The van der Waals surface area contributed by atoms with Crippen molar-refractivity contribution in [1.82, 2.24) is 5.48 Å². The first-order valence-corrected chi connectivity index (χ1v) is 4.42. The number of carbonyl (C=O) groups excluding carboxylic acids is 1. The van der Waals surface area contributed by atoms with Crippen LogP contribution in [0.4, 0.5) is 0 Å². The molecule has 0 unspecified atom stereocenters. The molecule has 74 valence electrons. The summed E-state index contributed by atoms with van der Waals surface area (Å²) in [5.41, 5.74) is 2.71. The van der Waals surface area contributed by atoms with E-state index in [0.29, 0.717) is 13.0 Å². The van der Waals surface area contributed by atoms with Crippen LogP contribution in [0.2, 0.25) is 0 Å². The molecular formula is C8H13NO4. The number of hydrogen-bond acceptors (Lipinski definition) is 5. The lowest BCUT2D eigenvalue weighted by molar-refractivity contribution is -0.153. The highest BCUT2D eigenvalue weighted by Gasteiger charge is 2.48. The maximum atomic E-state index is 10.7. The number of esters is 1. The molecule has 1 aliphatic carbocycles. The first-order valence-electron chi connectivity index (χ1n) is 4.42. The Hall–Kier alpha value is -0.650. The van der Waals surface area contributed by atoms with Crippen molar-refractivity contribution in [3.8, 4) is 0 Å². The minimum absolute atomic E-state index is 0.0596. The molecule has 0 spiro atoms.